The van der Waals surface area contributed by atoms with Gasteiger partial charge in [0.05, 0.1) is 12.5 Å². The molecule has 4 nitrogen and oxygen atoms in total. The van der Waals surface area contributed by atoms with Gasteiger partial charge in [0.25, 0.3) is 0 Å². The minimum absolute atomic E-state index is 0.0471. The van der Waals surface area contributed by atoms with E-state index in [0.29, 0.717) is 32.2 Å². The van der Waals surface area contributed by atoms with Crippen molar-refractivity contribution in [1.82, 2.24) is 5.32 Å². The quantitative estimate of drug-likeness (QED) is 0.589. The number of amides is 1. The van der Waals surface area contributed by atoms with Crippen molar-refractivity contribution in [3.8, 4) is 0 Å². The maximum absolute atomic E-state index is 11.6. The number of rotatable bonds is 8. The Labute approximate surface area is 92.6 Å². The molecule has 15 heavy (non-hydrogen) atoms. The third-order valence-corrected chi connectivity index (χ3v) is 2.16. The zero-order valence-corrected chi connectivity index (χ0v) is 10.1. The molecule has 4 heteroatoms. The van der Waals surface area contributed by atoms with Crippen molar-refractivity contribution in [2.45, 2.75) is 27.2 Å². The van der Waals surface area contributed by atoms with Crippen LogP contribution in [-0.2, 0) is 9.53 Å². The summed E-state index contributed by atoms with van der Waals surface area (Å²) in [6.07, 6.45) is 0.844. The average molecular weight is 216 g/mol. The second-order valence-corrected chi connectivity index (χ2v) is 4.05. The topological polar surface area (TPSA) is 64.3 Å². The van der Waals surface area contributed by atoms with Crippen molar-refractivity contribution < 1.29 is 9.53 Å². The molecule has 0 aromatic carbocycles. The number of carbonyl (C=O) groups excluding carboxylic acids is 1. The predicted octanol–water partition coefficient (Wildman–Crippen LogP) is 0.760. The molecule has 0 aliphatic rings. The van der Waals surface area contributed by atoms with E-state index in [4.69, 9.17) is 10.5 Å². The second-order valence-electron chi connectivity index (χ2n) is 4.05. The summed E-state index contributed by atoms with van der Waals surface area (Å²) in [4.78, 5) is 11.6. The van der Waals surface area contributed by atoms with Crippen LogP contribution in [0.15, 0.2) is 0 Å². The minimum Gasteiger partial charge on any atom is -0.380 e. The summed E-state index contributed by atoms with van der Waals surface area (Å²) >= 11 is 0. The van der Waals surface area contributed by atoms with Gasteiger partial charge < -0.3 is 15.8 Å². The summed E-state index contributed by atoms with van der Waals surface area (Å²) in [6.45, 7) is 8.36. The highest BCUT2D eigenvalue weighted by Gasteiger charge is 2.17. The molecule has 0 heterocycles. The molecule has 0 aliphatic carbocycles. The van der Waals surface area contributed by atoms with Crippen LogP contribution in [0.1, 0.15) is 27.2 Å². The zero-order valence-electron chi connectivity index (χ0n) is 10.1. The molecule has 1 unspecified atom stereocenters. The molecule has 0 radical (unpaired) electrons. The van der Waals surface area contributed by atoms with Gasteiger partial charge in [0.1, 0.15) is 0 Å². The van der Waals surface area contributed by atoms with Gasteiger partial charge in [0.15, 0.2) is 0 Å². The summed E-state index contributed by atoms with van der Waals surface area (Å²) in [5, 5.41) is 2.83. The fraction of sp³-hybridized carbons (Fsp3) is 0.909. The Balaban J connectivity index is 3.73. The van der Waals surface area contributed by atoms with Crippen LogP contribution in [0.2, 0.25) is 0 Å². The normalized spacial score (nSPS) is 12.9. The highest BCUT2D eigenvalue weighted by atomic mass is 16.5. The fourth-order valence-corrected chi connectivity index (χ4v) is 1.41. The summed E-state index contributed by atoms with van der Waals surface area (Å²) in [5.74, 6) is 0.480. The maximum atomic E-state index is 11.6. The van der Waals surface area contributed by atoms with Gasteiger partial charge in [-0.15, -0.1) is 0 Å². The molecule has 0 aliphatic heterocycles. The van der Waals surface area contributed by atoms with Crippen LogP contribution in [0, 0.1) is 11.8 Å². The molecule has 0 fully saturated rings. The molecule has 0 bridgehead atoms. The van der Waals surface area contributed by atoms with Crippen LogP contribution in [0.5, 0.6) is 0 Å². The third kappa shape index (κ3) is 7.33. The van der Waals surface area contributed by atoms with Gasteiger partial charge in [0, 0.05) is 19.7 Å². The van der Waals surface area contributed by atoms with Crippen molar-refractivity contribution in [2.24, 2.45) is 17.6 Å². The Kier molecular flexibility index (Phi) is 8.33. The van der Waals surface area contributed by atoms with Crippen LogP contribution in [0.3, 0.4) is 0 Å². The van der Waals surface area contributed by atoms with E-state index in [0.717, 1.165) is 6.42 Å². The SMILES string of the molecule is CCOCCNC(=O)C(CN)CC(C)C. The van der Waals surface area contributed by atoms with E-state index in [-0.39, 0.29) is 11.8 Å². The average Bonchev–Trinajstić information content (AvgIpc) is 2.20. The largest absolute Gasteiger partial charge is 0.380 e. The smallest absolute Gasteiger partial charge is 0.224 e. The molecule has 0 aromatic rings. The Bertz CT molecular complexity index is 172. The lowest BCUT2D eigenvalue weighted by molar-refractivity contribution is -0.125. The van der Waals surface area contributed by atoms with Crippen molar-refractivity contribution in [3.05, 3.63) is 0 Å². The fourth-order valence-electron chi connectivity index (χ4n) is 1.41. The third-order valence-electron chi connectivity index (χ3n) is 2.16. The first-order valence-electron chi connectivity index (χ1n) is 5.67. The second kappa shape index (κ2) is 8.68. The number of hydrogen-bond acceptors (Lipinski definition) is 3. The van der Waals surface area contributed by atoms with Crippen molar-refractivity contribution in [1.29, 1.82) is 0 Å². The first kappa shape index (κ1) is 14.4. The van der Waals surface area contributed by atoms with Crippen LogP contribution in [0.4, 0.5) is 0 Å². The summed E-state index contributed by atoms with van der Waals surface area (Å²) in [5.41, 5.74) is 5.56. The van der Waals surface area contributed by atoms with Gasteiger partial charge in [-0.1, -0.05) is 13.8 Å². The van der Waals surface area contributed by atoms with E-state index in [1.54, 1.807) is 0 Å². The summed E-state index contributed by atoms with van der Waals surface area (Å²) < 4.78 is 5.13. The van der Waals surface area contributed by atoms with E-state index in [1.165, 1.54) is 0 Å². The van der Waals surface area contributed by atoms with Gasteiger partial charge in [-0.2, -0.15) is 0 Å². The van der Waals surface area contributed by atoms with Crippen molar-refractivity contribution in [3.63, 3.8) is 0 Å². The monoisotopic (exact) mass is 216 g/mol. The molecular formula is C11H24N2O2. The maximum Gasteiger partial charge on any atom is 0.224 e. The number of ether oxygens (including phenoxy) is 1. The summed E-state index contributed by atoms with van der Waals surface area (Å²) in [7, 11) is 0. The number of carbonyl (C=O) groups is 1. The Morgan fingerprint density at radius 3 is 2.60 bits per heavy atom. The molecule has 0 rings (SSSR count). The lowest BCUT2D eigenvalue weighted by Gasteiger charge is -2.16. The highest BCUT2D eigenvalue weighted by molar-refractivity contribution is 5.78. The van der Waals surface area contributed by atoms with Crippen LogP contribution in [0.25, 0.3) is 0 Å². The zero-order chi connectivity index (χ0) is 11.7. The lowest BCUT2D eigenvalue weighted by Crippen LogP contribution is -2.37. The molecule has 0 aromatic heterocycles. The van der Waals surface area contributed by atoms with E-state index in [1.807, 2.05) is 6.92 Å². The Morgan fingerprint density at radius 1 is 1.47 bits per heavy atom. The molecule has 0 saturated heterocycles. The Morgan fingerprint density at radius 2 is 2.13 bits per heavy atom. The highest BCUT2D eigenvalue weighted by Crippen LogP contribution is 2.10. The molecule has 0 saturated carbocycles. The van der Waals surface area contributed by atoms with E-state index in [2.05, 4.69) is 19.2 Å². The van der Waals surface area contributed by atoms with E-state index >= 15 is 0 Å². The number of nitrogens with one attached hydrogen (secondary N) is 1. The van der Waals surface area contributed by atoms with E-state index in [9.17, 15) is 4.79 Å². The van der Waals surface area contributed by atoms with Gasteiger partial charge in [-0.3, -0.25) is 4.79 Å². The van der Waals surface area contributed by atoms with Gasteiger partial charge in [0.2, 0.25) is 5.91 Å². The first-order valence-corrected chi connectivity index (χ1v) is 5.67. The Hall–Kier alpha value is -0.610. The molecule has 0 spiro atoms. The first-order chi connectivity index (χ1) is 7.11. The minimum atomic E-state index is -0.0633. The standard InChI is InChI=1S/C11H24N2O2/c1-4-15-6-5-13-11(14)10(8-12)7-9(2)3/h9-10H,4-8,12H2,1-3H3,(H,13,14). The van der Waals surface area contributed by atoms with Gasteiger partial charge in [-0.25, -0.2) is 0 Å². The van der Waals surface area contributed by atoms with Crippen molar-refractivity contribution >= 4 is 5.91 Å². The molecule has 90 valence electrons. The van der Waals surface area contributed by atoms with Crippen LogP contribution in [-0.4, -0.2) is 32.2 Å². The van der Waals surface area contributed by atoms with Crippen LogP contribution < -0.4 is 11.1 Å². The summed E-state index contributed by atoms with van der Waals surface area (Å²) in [6, 6.07) is 0. The number of nitrogens with two attached hydrogens (primary N) is 1. The van der Waals surface area contributed by atoms with E-state index < -0.39 is 0 Å². The molecule has 1 atom stereocenters. The predicted molar refractivity (Wildman–Crippen MR) is 61.5 cm³/mol. The molecular weight excluding hydrogens is 192 g/mol. The molecule has 1 amide bonds. The van der Waals surface area contributed by atoms with Gasteiger partial charge >= 0.3 is 0 Å². The van der Waals surface area contributed by atoms with Gasteiger partial charge in [-0.05, 0) is 19.3 Å². The lowest BCUT2D eigenvalue weighted by atomic mass is 9.96. The van der Waals surface area contributed by atoms with Crippen molar-refractivity contribution in [2.75, 3.05) is 26.3 Å². The molecule has 3 N–H and O–H groups in total. The van der Waals surface area contributed by atoms with Crippen LogP contribution >= 0.6 is 0 Å². The number of hydrogen-bond donors (Lipinski definition) is 2.